The standard InChI is InChI=1S/C7H8F2N2O2S.ClH/c8-6(9)2-5(10)4-1-7(11(12)13)14-3-4;/h1,3,5-6H,2,10H2;1H/t5-;/m1./s1. The molecule has 0 amide bonds. The van der Waals surface area contributed by atoms with E-state index in [0.29, 0.717) is 5.56 Å². The van der Waals surface area contributed by atoms with E-state index in [2.05, 4.69) is 0 Å². The van der Waals surface area contributed by atoms with Gasteiger partial charge < -0.3 is 5.73 Å². The van der Waals surface area contributed by atoms with Crippen molar-refractivity contribution < 1.29 is 13.7 Å². The first kappa shape index (κ1) is 14.2. The Bertz CT molecular complexity index is 335. The lowest BCUT2D eigenvalue weighted by molar-refractivity contribution is -0.380. The SMILES string of the molecule is Cl.N[C@H](CC(F)F)c1csc([N+](=O)[O-])c1. The maximum Gasteiger partial charge on any atom is 0.324 e. The van der Waals surface area contributed by atoms with Crippen LogP contribution in [-0.2, 0) is 0 Å². The summed E-state index contributed by atoms with van der Waals surface area (Å²) in [6.07, 6.45) is -2.97. The zero-order chi connectivity index (χ0) is 10.7. The molecule has 0 aromatic carbocycles. The van der Waals surface area contributed by atoms with Gasteiger partial charge in [0.2, 0.25) is 6.43 Å². The molecule has 0 unspecified atom stereocenters. The third kappa shape index (κ3) is 4.06. The molecule has 4 nitrogen and oxygen atoms in total. The molecule has 0 bridgehead atoms. The fourth-order valence-corrected chi connectivity index (χ4v) is 1.75. The van der Waals surface area contributed by atoms with E-state index in [0.717, 1.165) is 11.3 Å². The predicted octanol–water partition coefficient (Wildman–Crippen LogP) is 2.73. The molecule has 0 saturated heterocycles. The summed E-state index contributed by atoms with van der Waals surface area (Å²) in [4.78, 5) is 9.72. The summed E-state index contributed by atoms with van der Waals surface area (Å²) in [6, 6.07) is 0.400. The normalized spacial score (nSPS) is 12.3. The molecule has 15 heavy (non-hydrogen) atoms. The summed E-state index contributed by atoms with van der Waals surface area (Å²) in [7, 11) is 0. The average Bonchev–Trinajstić information content (AvgIpc) is 2.50. The highest BCUT2D eigenvalue weighted by atomic mass is 35.5. The summed E-state index contributed by atoms with van der Waals surface area (Å²) in [6.45, 7) is 0. The minimum Gasteiger partial charge on any atom is -0.324 e. The van der Waals surface area contributed by atoms with E-state index < -0.39 is 23.8 Å². The highest BCUT2D eigenvalue weighted by Crippen LogP contribution is 2.28. The zero-order valence-corrected chi connectivity index (χ0v) is 9.06. The Morgan fingerprint density at radius 2 is 2.20 bits per heavy atom. The van der Waals surface area contributed by atoms with Gasteiger partial charge in [-0.25, -0.2) is 8.78 Å². The van der Waals surface area contributed by atoms with Crippen molar-refractivity contribution >= 4 is 28.7 Å². The number of alkyl halides is 2. The first-order chi connectivity index (χ1) is 6.50. The Balaban J connectivity index is 0.00000196. The van der Waals surface area contributed by atoms with Gasteiger partial charge in [0.25, 0.3) is 0 Å². The van der Waals surface area contributed by atoms with Crippen LogP contribution in [0.15, 0.2) is 11.4 Å². The van der Waals surface area contributed by atoms with Crippen LogP contribution in [0.25, 0.3) is 0 Å². The van der Waals surface area contributed by atoms with Gasteiger partial charge in [0.1, 0.15) is 0 Å². The van der Waals surface area contributed by atoms with Gasteiger partial charge in [-0.1, -0.05) is 11.3 Å². The molecule has 0 aliphatic rings. The molecule has 0 fully saturated rings. The lowest BCUT2D eigenvalue weighted by atomic mass is 10.1. The number of nitrogens with zero attached hydrogens (tertiary/aromatic N) is 1. The van der Waals surface area contributed by atoms with Crippen molar-refractivity contribution in [3.8, 4) is 0 Å². The van der Waals surface area contributed by atoms with Crippen LogP contribution in [0.5, 0.6) is 0 Å². The van der Waals surface area contributed by atoms with Crippen molar-refractivity contribution in [1.82, 2.24) is 0 Å². The molecule has 1 heterocycles. The van der Waals surface area contributed by atoms with Crippen LogP contribution in [0.2, 0.25) is 0 Å². The van der Waals surface area contributed by atoms with Gasteiger partial charge in [0.05, 0.1) is 4.92 Å². The molecular formula is C7H9ClF2N2O2S. The molecule has 0 radical (unpaired) electrons. The van der Waals surface area contributed by atoms with Gasteiger partial charge in [0, 0.05) is 23.9 Å². The first-order valence-electron chi connectivity index (χ1n) is 3.77. The smallest absolute Gasteiger partial charge is 0.324 e. The fraction of sp³-hybridized carbons (Fsp3) is 0.429. The third-order valence-corrected chi connectivity index (χ3v) is 2.54. The zero-order valence-electron chi connectivity index (χ0n) is 7.43. The van der Waals surface area contributed by atoms with Crippen molar-refractivity contribution in [3.05, 3.63) is 27.1 Å². The lowest BCUT2D eigenvalue weighted by Gasteiger charge is -2.07. The number of thiophene rings is 1. The van der Waals surface area contributed by atoms with Gasteiger partial charge in [0.15, 0.2) is 0 Å². The Morgan fingerprint density at radius 1 is 1.60 bits per heavy atom. The second-order valence-corrected chi connectivity index (χ2v) is 3.60. The Morgan fingerprint density at radius 3 is 2.60 bits per heavy atom. The van der Waals surface area contributed by atoms with Crippen LogP contribution < -0.4 is 5.73 Å². The van der Waals surface area contributed by atoms with Gasteiger partial charge in [-0.2, -0.15) is 0 Å². The summed E-state index contributed by atoms with van der Waals surface area (Å²) in [5, 5.41) is 11.6. The van der Waals surface area contributed by atoms with E-state index in [1.54, 1.807) is 0 Å². The van der Waals surface area contributed by atoms with Crippen LogP contribution in [0.4, 0.5) is 13.8 Å². The number of nitrogens with two attached hydrogens (primary N) is 1. The maximum atomic E-state index is 11.9. The summed E-state index contributed by atoms with van der Waals surface area (Å²) in [5.74, 6) is 0. The highest BCUT2D eigenvalue weighted by molar-refractivity contribution is 7.13. The molecule has 0 aliphatic heterocycles. The number of halogens is 3. The molecule has 0 spiro atoms. The number of rotatable bonds is 4. The number of hydrogen-bond donors (Lipinski definition) is 1. The second-order valence-electron chi connectivity index (χ2n) is 2.71. The van der Waals surface area contributed by atoms with Crippen molar-refractivity contribution in [2.24, 2.45) is 5.73 Å². The molecule has 1 aromatic rings. The van der Waals surface area contributed by atoms with Crippen molar-refractivity contribution in [1.29, 1.82) is 0 Å². The fourth-order valence-electron chi connectivity index (χ4n) is 0.957. The highest BCUT2D eigenvalue weighted by Gasteiger charge is 2.17. The first-order valence-corrected chi connectivity index (χ1v) is 4.65. The Kier molecular flexibility index (Phi) is 5.63. The topological polar surface area (TPSA) is 69.2 Å². The van der Waals surface area contributed by atoms with E-state index in [1.807, 2.05) is 0 Å². The van der Waals surface area contributed by atoms with E-state index in [1.165, 1.54) is 11.4 Å². The van der Waals surface area contributed by atoms with Gasteiger partial charge in [-0.3, -0.25) is 10.1 Å². The van der Waals surface area contributed by atoms with Gasteiger partial charge >= 0.3 is 5.00 Å². The summed E-state index contributed by atoms with van der Waals surface area (Å²) in [5.41, 5.74) is 5.80. The lowest BCUT2D eigenvalue weighted by Crippen LogP contribution is -2.12. The van der Waals surface area contributed by atoms with E-state index in [9.17, 15) is 18.9 Å². The van der Waals surface area contributed by atoms with E-state index >= 15 is 0 Å². The van der Waals surface area contributed by atoms with Crippen molar-refractivity contribution in [2.45, 2.75) is 18.9 Å². The largest absolute Gasteiger partial charge is 0.324 e. The monoisotopic (exact) mass is 258 g/mol. The third-order valence-electron chi connectivity index (χ3n) is 1.65. The number of nitro groups is 1. The molecule has 0 aliphatic carbocycles. The van der Waals surface area contributed by atoms with Crippen LogP contribution in [0, 0.1) is 10.1 Å². The Labute approximate surface area is 94.6 Å². The van der Waals surface area contributed by atoms with E-state index in [-0.39, 0.29) is 17.4 Å². The van der Waals surface area contributed by atoms with Crippen LogP contribution in [-0.4, -0.2) is 11.3 Å². The van der Waals surface area contributed by atoms with Crippen LogP contribution in [0.1, 0.15) is 18.0 Å². The van der Waals surface area contributed by atoms with E-state index in [4.69, 9.17) is 5.73 Å². The maximum absolute atomic E-state index is 11.9. The average molecular weight is 259 g/mol. The van der Waals surface area contributed by atoms with Crippen molar-refractivity contribution in [3.63, 3.8) is 0 Å². The minimum atomic E-state index is -2.50. The molecule has 1 rings (SSSR count). The molecule has 86 valence electrons. The van der Waals surface area contributed by atoms with Crippen molar-refractivity contribution in [2.75, 3.05) is 0 Å². The number of hydrogen-bond acceptors (Lipinski definition) is 4. The quantitative estimate of drug-likeness (QED) is 0.667. The van der Waals surface area contributed by atoms with Gasteiger partial charge in [-0.15, -0.1) is 12.4 Å². The molecule has 0 saturated carbocycles. The molecular weight excluding hydrogens is 250 g/mol. The molecule has 2 N–H and O–H groups in total. The Hall–Kier alpha value is -0.790. The second kappa shape index (κ2) is 5.94. The summed E-state index contributed by atoms with van der Waals surface area (Å²) < 4.78 is 23.9. The molecule has 8 heteroatoms. The summed E-state index contributed by atoms with van der Waals surface area (Å²) >= 11 is 0.889. The predicted molar refractivity (Wildman–Crippen MR) is 55.8 cm³/mol. The van der Waals surface area contributed by atoms with Crippen LogP contribution in [0.3, 0.4) is 0 Å². The van der Waals surface area contributed by atoms with Crippen LogP contribution >= 0.6 is 23.7 Å². The van der Waals surface area contributed by atoms with Gasteiger partial charge in [-0.05, 0) is 5.56 Å². The molecule has 1 aromatic heterocycles. The minimum absolute atomic E-state index is 0. The molecule has 1 atom stereocenters.